The number of hydrogen-bond acceptors (Lipinski definition) is 0. The van der Waals surface area contributed by atoms with Gasteiger partial charge in [-0.1, -0.05) is 60.7 Å². The second-order valence-corrected chi connectivity index (χ2v) is 8.65. The zero-order valence-electron chi connectivity index (χ0n) is 15.6. The molecule has 0 heterocycles. The van der Waals surface area contributed by atoms with Crippen LogP contribution in [-0.2, 0) is 18.7 Å². The lowest BCUT2D eigenvalue weighted by Crippen LogP contribution is -1.94. The van der Waals surface area contributed by atoms with Gasteiger partial charge in [-0.15, -0.1) is 27.7 Å². The highest BCUT2D eigenvalue weighted by Crippen LogP contribution is 2.37. The molecule has 1 aliphatic rings. The van der Waals surface area contributed by atoms with E-state index in [2.05, 4.69) is 88.4 Å². The van der Waals surface area contributed by atoms with E-state index in [0.29, 0.717) is 5.92 Å². The molecule has 0 amide bonds. The molecule has 3 aromatic rings. The van der Waals surface area contributed by atoms with Gasteiger partial charge in [-0.05, 0) is 81.8 Å². The molecule has 0 saturated carbocycles. The van der Waals surface area contributed by atoms with Crippen molar-refractivity contribution >= 4 is 27.7 Å². The summed E-state index contributed by atoms with van der Waals surface area (Å²) in [7, 11) is 8.60. The van der Waals surface area contributed by atoms with E-state index in [0.717, 1.165) is 12.3 Å². The van der Waals surface area contributed by atoms with E-state index in [1.807, 2.05) is 0 Å². The van der Waals surface area contributed by atoms with E-state index < -0.39 is 0 Å². The van der Waals surface area contributed by atoms with Gasteiger partial charge >= 0.3 is 0 Å². The second-order valence-electron chi connectivity index (χ2n) is 7.36. The lowest BCUT2D eigenvalue weighted by molar-refractivity contribution is 0.757. The highest BCUT2D eigenvalue weighted by molar-refractivity contribution is 7.16. The molecule has 0 saturated heterocycles. The Balaban J connectivity index is 1.66. The van der Waals surface area contributed by atoms with Crippen molar-refractivity contribution in [2.24, 2.45) is 0 Å². The van der Waals surface area contributed by atoms with Crippen LogP contribution in [0.1, 0.15) is 34.6 Å². The molecule has 0 radical (unpaired) electrons. The lowest BCUT2D eigenvalue weighted by atomic mass is 9.94. The molecule has 27 heavy (non-hydrogen) atoms. The first-order valence-corrected chi connectivity index (χ1v) is 12.1. The maximum atomic E-state index is 2.92. The number of benzene rings is 3. The summed E-state index contributed by atoms with van der Waals surface area (Å²) in [4.78, 5) is 0. The minimum Gasteiger partial charge on any atom is -0.137 e. The zero-order chi connectivity index (χ0) is 18.8. The van der Waals surface area contributed by atoms with E-state index in [1.165, 1.54) is 52.4 Å². The monoisotopic (exact) mass is 408 g/mol. The van der Waals surface area contributed by atoms with Crippen molar-refractivity contribution in [2.45, 2.75) is 31.1 Å². The minimum absolute atomic E-state index is 0.712. The van der Waals surface area contributed by atoms with Gasteiger partial charge in [0.25, 0.3) is 0 Å². The lowest BCUT2D eigenvalue weighted by Gasteiger charge is -2.13. The van der Waals surface area contributed by atoms with Gasteiger partial charge in [-0.2, -0.15) is 0 Å². The molecule has 0 nitrogen and oxygen atoms in total. The van der Waals surface area contributed by atoms with Crippen molar-refractivity contribution in [2.75, 3.05) is 6.16 Å². The molecule has 4 atom stereocenters. The topological polar surface area (TPSA) is 0 Å². The molecule has 4 unspecified atom stereocenters. The van der Waals surface area contributed by atoms with Crippen molar-refractivity contribution in [3.63, 3.8) is 0 Å². The summed E-state index contributed by atoms with van der Waals surface area (Å²) in [5.41, 5.74) is 11.2. The van der Waals surface area contributed by atoms with Gasteiger partial charge in [-0.25, -0.2) is 0 Å². The molecule has 4 rings (SSSR count). The van der Waals surface area contributed by atoms with Gasteiger partial charge in [0, 0.05) is 0 Å². The Kier molecular flexibility index (Phi) is 6.09. The van der Waals surface area contributed by atoms with Crippen molar-refractivity contribution in [1.82, 2.24) is 0 Å². The molecule has 3 heteroatoms. The molecule has 0 aromatic heterocycles. The molecule has 0 N–H and O–H groups in total. The van der Waals surface area contributed by atoms with E-state index in [1.54, 1.807) is 11.1 Å². The maximum Gasteiger partial charge on any atom is -0.0121 e. The predicted octanol–water partition coefficient (Wildman–Crippen LogP) is 6.68. The number of aryl methyl sites for hydroxylation is 1. The SMILES string of the molecule is PCc1ccc(-c2ccc(-c3ccc4c(c3)C(CP)CC4)cc2)c(CP)c1. The largest absolute Gasteiger partial charge is 0.137 e. The van der Waals surface area contributed by atoms with E-state index in [4.69, 9.17) is 0 Å². The van der Waals surface area contributed by atoms with Crippen LogP contribution in [0.2, 0.25) is 0 Å². The molecule has 1 aliphatic carbocycles. The summed E-state index contributed by atoms with van der Waals surface area (Å²) in [5, 5.41) is 0. The van der Waals surface area contributed by atoms with Crippen LogP contribution in [0.5, 0.6) is 0 Å². The smallest absolute Gasteiger partial charge is 0.0121 e. The summed E-state index contributed by atoms with van der Waals surface area (Å²) in [6.45, 7) is 0. The van der Waals surface area contributed by atoms with E-state index in [9.17, 15) is 0 Å². The van der Waals surface area contributed by atoms with Crippen LogP contribution in [0.15, 0.2) is 60.7 Å². The van der Waals surface area contributed by atoms with Crippen LogP contribution >= 0.6 is 27.7 Å². The third kappa shape index (κ3) is 3.91. The zero-order valence-corrected chi connectivity index (χ0v) is 19.1. The fourth-order valence-corrected chi connectivity index (χ4v) is 5.26. The Morgan fingerprint density at radius 3 is 2.19 bits per heavy atom. The minimum atomic E-state index is 0.712. The van der Waals surface area contributed by atoms with Crippen molar-refractivity contribution < 1.29 is 0 Å². The van der Waals surface area contributed by atoms with Crippen LogP contribution in [0.3, 0.4) is 0 Å². The highest BCUT2D eigenvalue weighted by atomic mass is 31.0. The first kappa shape index (κ1) is 19.3. The van der Waals surface area contributed by atoms with Gasteiger partial charge in [0.05, 0.1) is 0 Å². The fourth-order valence-electron chi connectivity index (χ4n) is 4.18. The van der Waals surface area contributed by atoms with Crippen LogP contribution < -0.4 is 0 Å². The Morgan fingerprint density at radius 1 is 0.741 bits per heavy atom. The third-order valence-electron chi connectivity index (χ3n) is 5.79. The summed E-state index contributed by atoms with van der Waals surface area (Å²) in [5.74, 6) is 0.712. The quantitative estimate of drug-likeness (QED) is 0.413. The fraction of sp³-hybridized carbons (Fsp3) is 0.250. The molecule has 138 valence electrons. The van der Waals surface area contributed by atoms with E-state index in [-0.39, 0.29) is 0 Å². The number of hydrogen-bond donors (Lipinski definition) is 0. The third-order valence-corrected chi connectivity index (χ3v) is 7.27. The molecule has 0 spiro atoms. The van der Waals surface area contributed by atoms with Crippen molar-refractivity contribution in [1.29, 1.82) is 0 Å². The second kappa shape index (κ2) is 8.53. The first-order valence-electron chi connectivity index (χ1n) is 9.69. The summed E-state index contributed by atoms with van der Waals surface area (Å²) < 4.78 is 0. The van der Waals surface area contributed by atoms with Crippen LogP contribution in [-0.4, -0.2) is 6.16 Å². The Hall–Kier alpha value is -1.05. The molecular formula is C24H27P3. The summed E-state index contributed by atoms with van der Waals surface area (Å²) in [6.07, 6.45) is 5.69. The molecule has 0 fully saturated rings. The number of fused-ring (bicyclic) bond motifs is 1. The molecule has 0 aliphatic heterocycles. The molecule has 3 aromatic carbocycles. The molecular weight excluding hydrogens is 381 g/mol. The van der Waals surface area contributed by atoms with Gasteiger partial charge in [0.2, 0.25) is 0 Å². The van der Waals surface area contributed by atoms with Crippen molar-refractivity contribution in [3.8, 4) is 22.3 Å². The normalized spacial score (nSPS) is 15.7. The summed E-state index contributed by atoms with van der Waals surface area (Å²) in [6, 6.07) is 23.0. The Morgan fingerprint density at radius 2 is 1.48 bits per heavy atom. The van der Waals surface area contributed by atoms with Gasteiger partial charge < -0.3 is 0 Å². The highest BCUT2D eigenvalue weighted by Gasteiger charge is 2.21. The predicted molar refractivity (Wildman–Crippen MR) is 130 cm³/mol. The average molecular weight is 408 g/mol. The van der Waals surface area contributed by atoms with Gasteiger partial charge in [0.15, 0.2) is 0 Å². The molecule has 0 bridgehead atoms. The van der Waals surface area contributed by atoms with Gasteiger partial charge in [-0.3, -0.25) is 0 Å². The standard InChI is InChI=1S/C24H27P3/c25-13-16-1-10-23(22(11-16)15-27)18-4-2-17(3-5-18)20-8-6-19-7-9-21(14-26)24(19)12-20/h1-6,8,10-12,21H,7,9,13-15,25-27H2. The van der Waals surface area contributed by atoms with Crippen LogP contribution in [0, 0.1) is 0 Å². The first-order chi connectivity index (χ1) is 13.2. The Labute approximate surface area is 170 Å². The van der Waals surface area contributed by atoms with Crippen LogP contribution in [0.4, 0.5) is 0 Å². The average Bonchev–Trinajstić information content (AvgIpc) is 3.15. The number of rotatable bonds is 5. The summed E-state index contributed by atoms with van der Waals surface area (Å²) >= 11 is 0. The van der Waals surface area contributed by atoms with E-state index >= 15 is 0 Å². The van der Waals surface area contributed by atoms with Crippen molar-refractivity contribution in [3.05, 3.63) is 82.9 Å². The van der Waals surface area contributed by atoms with Crippen LogP contribution in [0.25, 0.3) is 22.3 Å². The maximum absolute atomic E-state index is 2.92. The Bertz CT molecular complexity index is 944. The van der Waals surface area contributed by atoms with Gasteiger partial charge in [0.1, 0.15) is 0 Å².